The second kappa shape index (κ2) is 9.69. The Bertz CT molecular complexity index is 548. The second-order valence-corrected chi connectivity index (χ2v) is 8.03. The van der Waals surface area contributed by atoms with Crippen molar-refractivity contribution in [2.24, 2.45) is 5.92 Å². The fourth-order valence-corrected chi connectivity index (χ4v) is 2.95. The van der Waals surface area contributed by atoms with Gasteiger partial charge >= 0.3 is 6.09 Å². The zero-order valence-electron chi connectivity index (χ0n) is 12.6. The molecule has 0 saturated carbocycles. The van der Waals surface area contributed by atoms with Gasteiger partial charge in [-0.05, 0) is 24.3 Å². The summed E-state index contributed by atoms with van der Waals surface area (Å²) in [6, 6.07) is 9.39. The molecule has 124 valence electrons. The van der Waals surface area contributed by atoms with Crippen molar-refractivity contribution < 1.29 is 17.9 Å². The van der Waals surface area contributed by atoms with Crippen molar-refractivity contribution >= 4 is 25.8 Å². The van der Waals surface area contributed by atoms with Gasteiger partial charge in [0.1, 0.15) is 6.61 Å². The minimum atomic E-state index is -3.49. The monoisotopic (exact) mass is 347 g/mol. The second-order valence-electron chi connectivity index (χ2n) is 5.13. The maximum Gasteiger partial charge on any atom is 0.407 e. The van der Waals surface area contributed by atoms with E-state index in [2.05, 4.69) is 5.32 Å². The molecule has 7 heteroatoms. The lowest BCUT2D eigenvalue weighted by Crippen LogP contribution is -2.30. The fraction of sp³-hybridized carbons (Fsp3) is 0.533. The van der Waals surface area contributed by atoms with Crippen LogP contribution < -0.4 is 5.32 Å². The van der Waals surface area contributed by atoms with E-state index in [1.807, 2.05) is 37.3 Å². The first-order chi connectivity index (χ1) is 10.4. The van der Waals surface area contributed by atoms with E-state index in [9.17, 15) is 13.2 Å². The topological polar surface area (TPSA) is 72.5 Å². The van der Waals surface area contributed by atoms with Crippen LogP contribution in [0.2, 0.25) is 0 Å². The molecule has 0 aliphatic rings. The van der Waals surface area contributed by atoms with E-state index in [1.165, 1.54) is 0 Å². The molecule has 1 rings (SSSR count). The van der Waals surface area contributed by atoms with Gasteiger partial charge in [-0.25, -0.2) is 13.2 Å². The van der Waals surface area contributed by atoms with Crippen LogP contribution in [0.4, 0.5) is 4.79 Å². The summed E-state index contributed by atoms with van der Waals surface area (Å²) < 4.78 is 27.1. The lowest BCUT2D eigenvalue weighted by atomic mass is 10.0. The first-order valence-corrected chi connectivity index (χ1v) is 9.75. The summed E-state index contributed by atoms with van der Waals surface area (Å²) >= 11 is 0. The van der Waals surface area contributed by atoms with E-state index in [4.69, 9.17) is 15.4 Å². The highest BCUT2D eigenvalue weighted by Gasteiger charge is 2.14. The molecule has 1 aromatic carbocycles. The Hall–Kier alpha value is -1.27. The number of benzene rings is 1. The zero-order valence-corrected chi connectivity index (χ0v) is 14.2. The lowest BCUT2D eigenvalue weighted by Gasteiger charge is -2.16. The van der Waals surface area contributed by atoms with Gasteiger partial charge in [0.05, 0.1) is 5.75 Å². The highest BCUT2D eigenvalue weighted by molar-refractivity contribution is 8.13. The van der Waals surface area contributed by atoms with Crippen molar-refractivity contribution in [3.8, 4) is 0 Å². The van der Waals surface area contributed by atoms with Gasteiger partial charge in [-0.1, -0.05) is 43.7 Å². The van der Waals surface area contributed by atoms with Crippen molar-refractivity contribution in [3.05, 3.63) is 35.9 Å². The zero-order chi connectivity index (χ0) is 16.4. The van der Waals surface area contributed by atoms with Gasteiger partial charge in [-0.3, -0.25) is 0 Å². The third-order valence-electron chi connectivity index (χ3n) is 3.21. The summed E-state index contributed by atoms with van der Waals surface area (Å²) in [4.78, 5) is 11.6. The predicted molar refractivity (Wildman–Crippen MR) is 87.3 cm³/mol. The van der Waals surface area contributed by atoms with E-state index in [1.54, 1.807) is 0 Å². The van der Waals surface area contributed by atoms with Gasteiger partial charge < -0.3 is 10.1 Å². The van der Waals surface area contributed by atoms with Gasteiger partial charge in [0.25, 0.3) is 0 Å². The molecule has 0 fully saturated rings. The van der Waals surface area contributed by atoms with Crippen molar-refractivity contribution in [2.45, 2.75) is 32.8 Å². The highest BCUT2D eigenvalue weighted by atomic mass is 35.7. The lowest BCUT2D eigenvalue weighted by molar-refractivity contribution is 0.137. The summed E-state index contributed by atoms with van der Waals surface area (Å²) in [5.74, 6) is -0.0113. The van der Waals surface area contributed by atoms with E-state index in [0.717, 1.165) is 18.4 Å². The number of amides is 1. The van der Waals surface area contributed by atoms with Gasteiger partial charge in [0.15, 0.2) is 0 Å². The number of ether oxygens (including phenoxy) is 1. The van der Waals surface area contributed by atoms with E-state index >= 15 is 0 Å². The maximum absolute atomic E-state index is 11.6. The molecule has 0 aromatic heterocycles. The van der Waals surface area contributed by atoms with E-state index in [-0.39, 0.29) is 18.3 Å². The van der Waals surface area contributed by atoms with Gasteiger partial charge in [-0.2, -0.15) is 0 Å². The first kappa shape index (κ1) is 18.8. The van der Waals surface area contributed by atoms with Crippen LogP contribution in [0.15, 0.2) is 30.3 Å². The molecule has 0 radical (unpaired) electrons. The Morgan fingerprint density at radius 1 is 1.27 bits per heavy atom. The fourth-order valence-electron chi connectivity index (χ4n) is 2.07. The van der Waals surface area contributed by atoms with Crippen molar-refractivity contribution in [3.63, 3.8) is 0 Å². The number of nitrogens with one attached hydrogen (secondary N) is 1. The normalized spacial score (nSPS) is 12.6. The maximum atomic E-state index is 11.6. The molecule has 0 heterocycles. The Kier molecular flexibility index (Phi) is 8.27. The van der Waals surface area contributed by atoms with Crippen molar-refractivity contribution in [1.82, 2.24) is 5.32 Å². The first-order valence-electron chi connectivity index (χ1n) is 7.27. The molecule has 1 unspecified atom stereocenters. The quantitative estimate of drug-likeness (QED) is 0.696. The molecule has 1 atom stereocenters. The van der Waals surface area contributed by atoms with Crippen LogP contribution in [0.5, 0.6) is 0 Å². The minimum absolute atomic E-state index is 0.0720. The largest absolute Gasteiger partial charge is 0.445 e. The summed E-state index contributed by atoms with van der Waals surface area (Å²) in [6.07, 6.45) is 1.66. The molecule has 0 bridgehead atoms. The molecule has 22 heavy (non-hydrogen) atoms. The summed E-state index contributed by atoms with van der Waals surface area (Å²) in [5, 5.41) is 2.68. The highest BCUT2D eigenvalue weighted by Crippen LogP contribution is 2.13. The van der Waals surface area contributed by atoms with Crippen LogP contribution in [0.1, 0.15) is 31.7 Å². The predicted octanol–water partition coefficient (Wildman–Crippen LogP) is 3.29. The Labute approximate surface area is 136 Å². The Balaban J connectivity index is 2.32. The average molecular weight is 348 g/mol. The molecular weight excluding hydrogens is 326 g/mol. The number of halogens is 1. The molecule has 5 nitrogen and oxygen atoms in total. The number of hydrogen-bond acceptors (Lipinski definition) is 4. The number of carbonyl (C=O) groups excluding carboxylic acids is 1. The van der Waals surface area contributed by atoms with Gasteiger partial charge in [0, 0.05) is 17.2 Å². The Morgan fingerprint density at radius 2 is 1.95 bits per heavy atom. The number of carbonyl (C=O) groups is 1. The van der Waals surface area contributed by atoms with Crippen LogP contribution in [-0.4, -0.2) is 26.8 Å². The number of alkyl carbamates (subject to hydrolysis) is 1. The minimum Gasteiger partial charge on any atom is -0.445 e. The van der Waals surface area contributed by atoms with Gasteiger partial charge in [-0.15, -0.1) is 0 Å². The Morgan fingerprint density at radius 3 is 2.55 bits per heavy atom. The average Bonchev–Trinajstić information content (AvgIpc) is 2.48. The summed E-state index contributed by atoms with van der Waals surface area (Å²) in [5.41, 5.74) is 0.913. The van der Waals surface area contributed by atoms with Crippen LogP contribution in [0, 0.1) is 5.92 Å². The molecule has 0 aliphatic heterocycles. The van der Waals surface area contributed by atoms with Crippen LogP contribution in [0.3, 0.4) is 0 Å². The third-order valence-corrected chi connectivity index (χ3v) is 4.40. The molecule has 0 saturated heterocycles. The smallest absolute Gasteiger partial charge is 0.407 e. The molecule has 1 aromatic rings. The van der Waals surface area contributed by atoms with Crippen molar-refractivity contribution in [2.75, 3.05) is 12.3 Å². The van der Waals surface area contributed by atoms with Crippen LogP contribution in [0.25, 0.3) is 0 Å². The van der Waals surface area contributed by atoms with Crippen LogP contribution in [-0.2, 0) is 20.4 Å². The van der Waals surface area contributed by atoms with Gasteiger partial charge in [0.2, 0.25) is 9.05 Å². The molecule has 1 amide bonds. The van der Waals surface area contributed by atoms with Crippen LogP contribution >= 0.6 is 10.7 Å². The van der Waals surface area contributed by atoms with E-state index in [0.29, 0.717) is 13.0 Å². The molecule has 0 aliphatic carbocycles. The van der Waals surface area contributed by atoms with Crippen molar-refractivity contribution in [1.29, 1.82) is 0 Å². The third kappa shape index (κ3) is 8.89. The number of rotatable bonds is 9. The SMILES string of the molecule is CCCC(CCS(=O)(=O)Cl)CNC(=O)OCc1ccccc1. The molecular formula is C15H22ClNO4S. The summed E-state index contributed by atoms with van der Waals surface area (Å²) in [6.45, 7) is 2.60. The summed E-state index contributed by atoms with van der Waals surface area (Å²) in [7, 11) is 1.72. The van der Waals surface area contributed by atoms with E-state index < -0.39 is 15.1 Å². The molecule has 0 spiro atoms. The number of hydrogen-bond donors (Lipinski definition) is 1. The standard InChI is InChI=1S/C15H22ClNO4S/c1-2-6-13(9-10-22(16,19)20)11-17-15(18)21-12-14-7-4-3-5-8-14/h3-5,7-8,13H,2,6,9-12H2,1H3,(H,17,18). The molecule has 1 N–H and O–H groups in total.